The van der Waals surface area contributed by atoms with Crippen LogP contribution in [0.1, 0.15) is 12.6 Å². The molecule has 1 aliphatic rings. The summed E-state index contributed by atoms with van der Waals surface area (Å²) in [7, 11) is 0. The third kappa shape index (κ3) is 2.89. The van der Waals surface area contributed by atoms with Crippen molar-refractivity contribution in [2.75, 3.05) is 26.2 Å². The van der Waals surface area contributed by atoms with E-state index in [1.165, 1.54) is 0 Å². The number of amides is 2. The lowest BCUT2D eigenvalue weighted by Crippen LogP contribution is -2.50. The van der Waals surface area contributed by atoms with Crippen LogP contribution in [0.15, 0.2) is 30.6 Å². The van der Waals surface area contributed by atoms with Crippen LogP contribution in [0.5, 0.6) is 0 Å². The summed E-state index contributed by atoms with van der Waals surface area (Å²) in [4.78, 5) is 31.6. The first kappa shape index (κ1) is 13.6. The van der Waals surface area contributed by atoms with E-state index in [1.807, 2.05) is 39.9 Å². The smallest absolute Gasteiger partial charge is 0.228 e. The van der Waals surface area contributed by atoms with Gasteiger partial charge in [0, 0.05) is 45.5 Å². The van der Waals surface area contributed by atoms with Gasteiger partial charge in [-0.15, -0.1) is 0 Å². The summed E-state index contributed by atoms with van der Waals surface area (Å²) in [5, 5.41) is 0. The molecule has 0 unspecified atom stereocenters. The molecule has 6 nitrogen and oxygen atoms in total. The minimum atomic E-state index is 0.0709. The SMILES string of the molecule is CC(=O)N1CCN(C(=O)Cc2cn3ccccc3n2)CC1. The molecule has 0 bridgehead atoms. The molecule has 0 atom stereocenters. The van der Waals surface area contributed by atoms with Gasteiger partial charge in [0.15, 0.2) is 0 Å². The number of pyridine rings is 1. The van der Waals surface area contributed by atoms with Gasteiger partial charge in [-0.3, -0.25) is 9.59 Å². The van der Waals surface area contributed by atoms with E-state index >= 15 is 0 Å². The summed E-state index contributed by atoms with van der Waals surface area (Å²) in [5.74, 6) is 0.143. The molecule has 2 amide bonds. The van der Waals surface area contributed by atoms with Gasteiger partial charge in [0.25, 0.3) is 0 Å². The predicted octanol–water partition coefficient (Wildman–Crippen LogP) is 0.567. The van der Waals surface area contributed by atoms with E-state index in [0.29, 0.717) is 32.6 Å². The highest BCUT2D eigenvalue weighted by Crippen LogP contribution is 2.08. The van der Waals surface area contributed by atoms with E-state index in [-0.39, 0.29) is 11.8 Å². The molecule has 1 saturated heterocycles. The van der Waals surface area contributed by atoms with Crippen molar-refractivity contribution in [2.24, 2.45) is 0 Å². The van der Waals surface area contributed by atoms with Crippen molar-refractivity contribution in [1.29, 1.82) is 0 Å². The Kier molecular flexibility index (Phi) is 3.60. The van der Waals surface area contributed by atoms with Gasteiger partial charge in [0.1, 0.15) is 5.65 Å². The van der Waals surface area contributed by atoms with Crippen LogP contribution >= 0.6 is 0 Å². The van der Waals surface area contributed by atoms with Crippen molar-refractivity contribution in [2.45, 2.75) is 13.3 Å². The van der Waals surface area contributed by atoms with E-state index in [9.17, 15) is 9.59 Å². The standard InChI is InChI=1S/C15H18N4O2/c1-12(20)17-6-8-18(9-7-17)15(21)10-13-11-19-5-3-2-4-14(19)16-13/h2-5,11H,6-10H2,1H3. The van der Waals surface area contributed by atoms with Crippen LogP contribution in [-0.4, -0.2) is 57.2 Å². The van der Waals surface area contributed by atoms with Crippen molar-refractivity contribution >= 4 is 17.5 Å². The van der Waals surface area contributed by atoms with Crippen molar-refractivity contribution in [1.82, 2.24) is 19.2 Å². The molecule has 1 fully saturated rings. The summed E-state index contributed by atoms with van der Waals surface area (Å²) in [6.07, 6.45) is 4.11. The lowest BCUT2D eigenvalue weighted by atomic mass is 10.2. The van der Waals surface area contributed by atoms with E-state index in [4.69, 9.17) is 0 Å². The second-order valence-electron chi connectivity index (χ2n) is 5.26. The minimum Gasteiger partial charge on any atom is -0.339 e. The molecule has 21 heavy (non-hydrogen) atoms. The van der Waals surface area contributed by atoms with E-state index in [1.54, 1.807) is 11.8 Å². The van der Waals surface area contributed by atoms with Crippen LogP contribution in [0.25, 0.3) is 5.65 Å². The number of piperazine rings is 1. The highest BCUT2D eigenvalue weighted by Gasteiger charge is 2.22. The first-order valence-corrected chi connectivity index (χ1v) is 7.09. The molecule has 110 valence electrons. The number of nitrogens with zero attached hydrogens (tertiary/aromatic N) is 4. The van der Waals surface area contributed by atoms with Crippen LogP contribution < -0.4 is 0 Å². The molecule has 0 radical (unpaired) electrons. The zero-order chi connectivity index (χ0) is 14.8. The number of fused-ring (bicyclic) bond motifs is 1. The van der Waals surface area contributed by atoms with Gasteiger partial charge >= 0.3 is 0 Å². The average Bonchev–Trinajstić information content (AvgIpc) is 2.89. The number of carbonyl (C=O) groups excluding carboxylic acids is 2. The van der Waals surface area contributed by atoms with E-state index < -0.39 is 0 Å². The fourth-order valence-corrected chi connectivity index (χ4v) is 2.61. The van der Waals surface area contributed by atoms with Gasteiger partial charge in [0.05, 0.1) is 12.1 Å². The topological polar surface area (TPSA) is 57.9 Å². The zero-order valence-corrected chi connectivity index (χ0v) is 12.0. The minimum absolute atomic E-state index is 0.0709. The lowest BCUT2D eigenvalue weighted by molar-refractivity contribution is -0.138. The molecule has 0 spiro atoms. The molecule has 3 heterocycles. The van der Waals surface area contributed by atoms with E-state index in [2.05, 4.69) is 4.98 Å². The molecule has 3 rings (SSSR count). The summed E-state index contributed by atoms with van der Waals surface area (Å²) >= 11 is 0. The maximum Gasteiger partial charge on any atom is 0.228 e. The first-order valence-electron chi connectivity index (χ1n) is 7.09. The maximum absolute atomic E-state index is 12.3. The highest BCUT2D eigenvalue weighted by atomic mass is 16.2. The molecular formula is C15H18N4O2. The molecular weight excluding hydrogens is 268 g/mol. The van der Waals surface area contributed by atoms with Gasteiger partial charge in [-0.2, -0.15) is 0 Å². The molecule has 6 heteroatoms. The summed E-state index contributed by atoms with van der Waals surface area (Å²) in [6.45, 7) is 4.00. The van der Waals surface area contributed by atoms with Crippen molar-refractivity contribution in [3.63, 3.8) is 0 Å². The Morgan fingerprint density at radius 2 is 1.86 bits per heavy atom. The summed E-state index contributed by atoms with van der Waals surface area (Å²) in [5.41, 5.74) is 1.63. The Labute approximate surface area is 123 Å². The second-order valence-corrected chi connectivity index (χ2v) is 5.26. The zero-order valence-electron chi connectivity index (χ0n) is 12.0. The average molecular weight is 286 g/mol. The van der Waals surface area contributed by atoms with Gasteiger partial charge in [-0.25, -0.2) is 4.98 Å². The third-order valence-electron chi connectivity index (χ3n) is 3.82. The second kappa shape index (κ2) is 5.55. The van der Waals surface area contributed by atoms with Gasteiger partial charge in [-0.1, -0.05) is 6.07 Å². The Balaban J connectivity index is 1.63. The molecule has 2 aromatic heterocycles. The molecule has 2 aromatic rings. The van der Waals surface area contributed by atoms with Gasteiger partial charge in [0.2, 0.25) is 11.8 Å². The van der Waals surface area contributed by atoms with Gasteiger partial charge < -0.3 is 14.2 Å². The lowest BCUT2D eigenvalue weighted by Gasteiger charge is -2.34. The van der Waals surface area contributed by atoms with Crippen LogP contribution in [-0.2, 0) is 16.0 Å². The molecule has 0 N–H and O–H groups in total. The van der Waals surface area contributed by atoms with E-state index in [0.717, 1.165) is 11.3 Å². The quantitative estimate of drug-likeness (QED) is 0.811. The van der Waals surface area contributed by atoms with Crippen molar-refractivity contribution in [3.8, 4) is 0 Å². The van der Waals surface area contributed by atoms with Crippen LogP contribution in [0.3, 0.4) is 0 Å². The maximum atomic E-state index is 12.3. The highest BCUT2D eigenvalue weighted by molar-refractivity contribution is 5.79. The largest absolute Gasteiger partial charge is 0.339 e. The number of hydrogen-bond donors (Lipinski definition) is 0. The van der Waals surface area contributed by atoms with Crippen molar-refractivity contribution in [3.05, 3.63) is 36.3 Å². The molecule has 0 saturated carbocycles. The van der Waals surface area contributed by atoms with Crippen molar-refractivity contribution < 1.29 is 9.59 Å². The number of carbonyl (C=O) groups is 2. The molecule has 0 aromatic carbocycles. The predicted molar refractivity (Wildman–Crippen MR) is 77.7 cm³/mol. The van der Waals surface area contributed by atoms with Gasteiger partial charge in [-0.05, 0) is 12.1 Å². The number of aromatic nitrogens is 2. The number of imidazole rings is 1. The summed E-state index contributed by atoms with van der Waals surface area (Å²) in [6, 6.07) is 5.77. The number of hydrogen-bond acceptors (Lipinski definition) is 3. The molecule has 0 aliphatic carbocycles. The monoisotopic (exact) mass is 286 g/mol. The fourth-order valence-electron chi connectivity index (χ4n) is 2.61. The normalized spacial score (nSPS) is 15.5. The Hall–Kier alpha value is -2.37. The number of rotatable bonds is 2. The summed E-state index contributed by atoms with van der Waals surface area (Å²) < 4.78 is 1.91. The van der Waals surface area contributed by atoms with Crippen LogP contribution in [0, 0.1) is 0 Å². The Morgan fingerprint density at radius 1 is 1.14 bits per heavy atom. The third-order valence-corrected chi connectivity index (χ3v) is 3.82. The van der Waals surface area contributed by atoms with Crippen LogP contribution in [0.2, 0.25) is 0 Å². The first-order chi connectivity index (χ1) is 10.1. The Morgan fingerprint density at radius 3 is 2.52 bits per heavy atom. The fraction of sp³-hybridized carbons (Fsp3) is 0.400. The van der Waals surface area contributed by atoms with Crippen LogP contribution in [0.4, 0.5) is 0 Å². The Bertz CT molecular complexity index is 638. The molecule has 1 aliphatic heterocycles.